The number of furan rings is 2. The van der Waals surface area contributed by atoms with Gasteiger partial charge in [0.1, 0.15) is 18.1 Å². The maximum absolute atomic E-state index is 10.3. The molecule has 0 bridgehead atoms. The molecule has 7 heteroatoms. The van der Waals surface area contributed by atoms with E-state index in [1.807, 2.05) is 0 Å². The largest absolute Gasteiger partial charge is 0.472 e. The summed E-state index contributed by atoms with van der Waals surface area (Å²) in [5, 5.41) is 14.4. The van der Waals surface area contributed by atoms with Crippen LogP contribution in [0.3, 0.4) is 0 Å². The van der Waals surface area contributed by atoms with Gasteiger partial charge in [0.05, 0.1) is 24.6 Å². The second kappa shape index (κ2) is 6.62. The van der Waals surface area contributed by atoms with Crippen LogP contribution in [0.2, 0.25) is 0 Å². The van der Waals surface area contributed by atoms with Crippen molar-refractivity contribution in [2.45, 2.75) is 38.0 Å². The summed E-state index contributed by atoms with van der Waals surface area (Å²) in [6.45, 7) is 1.57. The van der Waals surface area contributed by atoms with Crippen LogP contribution in [0.15, 0.2) is 50.3 Å². The highest BCUT2D eigenvalue weighted by atomic mass is 16.5. The Morgan fingerprint density at radius 1 is 1.33 bits per heavy atom. The molecule has 126 valence electrons. The molecule has 4 heterocycles. The van der Waals surface area contributed by atoms with Crippen molar-refractivity contribution in [1.82, 2.24) is 15.0 Å². The summed E-state index contributed by atoms with van der Waals surface area (Å²) < 4.78 is 15.6. The number of hydrogen-bond acceptors (Lipinski definition) is 7. The van der Waals surface area contributed by atoms with Crippen molar-refractivity contribution < 1.29 is 18.5 Å². The van der Waals surface area contributed by atoms with E-state index in [2.05, 4.69) is 15.0 Å². The minimum absolute atomic E-state index is 0.279. The molecule has 1 N–H and O–H groups in total. The van der Waals surface area contributed by atoms with Gasteiger partial charge in [-0.05, 0) is 44.0 Å². The summed E-state index contributed by atoms with van der Waals surface area (Å²) in [7, 11) is 0. The van der Waals surface area contributed by atoms with Crippen LogP contribution < -0.4 is 0 Å². The fourth-order valence-corrected chi connectivity index (χ4v) is 3.23. The van der Waals surface area contributed by atoms with Crippen molar-refractivity contribution in [2.24, 2.45) is 0 Å². The summed E-state index contributed by atoms with van der Waals surface area (Å²) in [6.07, 6.45) is 6.94. The van der Waals surface area contributed by atoms with Crippen LogP contribution in [-0.2, 0) is 6.54 Å². The molecule has 0 aromatic carbocycles. The average molecular weight is 329 g/mol. The zero-order valence-electron chi connectivity index (χ0n) is 13.2. The minimum atomic E-state index is -0.586. The topological polar surface area (TPSA) is 88.7 Å². The highest BCUT2D eigenvalue weighted by molar-refractivity contribution is 5.49. The fraction of sp³-hybridized carbons (Fsp3) is 0.412. The third kappa shape index (κ3) is 3.13. The molecule has 0 aliphatic carbocycles. The van der Waals surface area contributed by atoms with Crippen LogP contribution in [0.25, 0.3) is 11.5 Å². The predicted molar refractivity (Wildman–Crippen MR) is 83.7 cm³/mol. The number of likely N-dealkylation sites (tertiary alicyclic amines) is 1. The van der Waals surface area contributed by atoms with Crippen molar-refractivity contribution in [2.75, 3.05) is 6.54 Å². The summed E-state index contributed by atoms with van der Waals surface area (Å²) >= 11 is 0. The van der Waals surface area contributed by atoms with Gasteiger partial charge in [-0.1, -0.05) is 5.16 Å². The third-order valence-corrected chi connectivity index (χ3v) is 4.45. The second-order valence-electron chi connectivity index (χ2n) is 6.06. The lowest BCUT2D eigenvalue weighted by Gasteiger charge is -2.24. The van der Waals surface area contributed by atoms with E-state index in [0.29, 0.717) is 30.4 Å². The number of nitrogens with zero attached hydrogens (tertiary/aromatic N) is 3. The van der Waals surface area contributed by atoms with Crippen LogP contribution in [0, 0.1) is 0 Å². The molecule has 1 aliphatic heterocycles. The Hall–Kier alpha value is -2.38. The first-order valence-electron chi connectivity index (χ1n) is 8.10. The number of aliphatic hydroxyl groups excluding tert-OH is 1. The molecular weight excluding hydrogens is 310 g/mol. The van der Waals surface area contributed by atoms with E-state index >= 15 is 0 Å². The van der Waals surface area contributed by atoms with E-state index < -0.39 is 6.10 Å². The number of rotatable bonds is 6. The molecule has 1 fully saturated rings. The van der Waals surface area contributed by atoms with Crippen LogP contribution in [0.4, 0.5) is 0 Å². The Kier molecular flexibility index (Phi) is 4.18. The summed E-state index contributed by atoms with van der Waals surface area (Å²) in [6, 6.07) is 5.67. The predicted octanol–water partition coefficient (Wildman–Crippen LogP) is 3.01. The van der Waals surface area contributed by atoms with E-state index in [0.717, 1.165) is 24.9 Å². The molecule has 1 aliphatic rings. The van der Waals surface area contributed by atoms with Gasteiger partial charge in [0.15, 0.2) is 5.82 Å². The molecule has 3 aromatic heterocycles. The van der Waals surface area contributed by atoms with E-state index in [4.69, 9.17) is 13.4 Å². The molecule has 0 spiro atoms. The zero-order chi connectivity index (χ0) is 16.4. The smallest absolute Gasteiger partial charge is 0.261 e. The maximum atomic E-state index is 10.3. The summed E-state index contributed by atoms with van der Waals surface area (Å²) in [5.74, 6) is 1.72. The molecule has 1 saturated heterocycles. The Balaban J connectivity index is 1.40. The van der Waals surface area contributed by atoms with Gasteiger partial charge in [0.25, 0.3) is 5.89 Å². The molecule has 7 nitrogen and oxygen atoms in total. The van der Waals surface area contributed by atoms with Gasteiger partial charge >= 0.3 is 0 Å². The minimum Gasteiger partial charge on any atom is -0.472 e. The lowest BCUT2D eigenvalue weighted by Crippen LogP contribution is -2.30. The maximum Gasteiger partial charge on any atom is 0.261 e. The van der Waals surface area contributed by atoms with Gasteiger partial charge in [0, 0.05) is 6.04 Å². The van der Waals surface area contributed by atoms with Crippen molar-refractivity contribution in [1.29, 1.82) is 0 Å². The Labute approximate surface area is 138 Å². The summed E-state index contributed by atoms with van der Waals surface area (Å²) in [4.78, 5) is 6.71. The lowest BCUT2D eigenvalue weighted by atomic mass is 10.1. The van der Waals surface area contributed by atoms with Gasteiger partial charge in [-0.2, -0.15) is 4.98 Å². The number of aromatic nitrogens is 2. The molecule has 4 rings (SSSR count). The Bertz CT molecular complexity index is 751. The highest BCUT2D eigenvalue weighted by Gasteiger charge is 2.29. The van der Waals surface area contributed by atoms with Crippen LogP contribution in [0.1, 0.15) is 37.0 Å². The fourth-order valence-electron chi connectivity index (χ4n) is 3.23. The van der Waals surface area contributed by atoms with Gasteiger partial charge < -0.3 is 18.5 Å². The molecule has 0 radical (unpaired) electrons. The first-order chi connectivity index (χ1) is 11.8. The van der Waals surface area contributed by atoms with Crippen LogP contribution >= 0.6 is 0 Å². The van der Waals surface area contributed by atoms with Crippen molar-refractivity contribution in [3.05, 3.63) is 48.6 Å². The summed E-state index contributed by atoms with van der Waals surface area (Å²) in [5.41, 5.74) is 0.778. The monoisotopic (exact) mass is 329 g/mol. The Morgan fingerprint density at radius 3 is 3.08 bits per heavy atom. The molecule has 3 aromatic rings. The molecule has 24 heavy (non-hydrogen) atoms. The second-order valence-corrected chi connectivity index (χ2v) is 6.06. The van der Waals surface area contributed by atoms with Gasteiger partial charge in [-0.3, -0.25) is 4.90 Å². The van der Waals surface area contributed by atoms with E-state index in [1.54, 1.807) is 37.0 Å². The van der Waals surface area contributed by atoms with Crippen LogP contribution in [-0.4, -0.2) is 32.7 Å². The lowest BCUT2D eigenvalue weighted by molar-refractivity contribution is 0.0984. The Morgan fingerprint density at radius 2 is 2.29 bits per heavy atom. The first-order valence-corrected chi connectivity index (χ1v) is 8.10. The standard InChI is InChI=1S/C17H19N3O4/c21-14(15-4-2-7-23-15)9-13-3-1-6-20(13)10-16-18-17(24-19-16)12-5-8-22-11-12/h2,4-5,7-8,11,13-14,21H,1,3,6,9-10H2. The number of aliphatic hydroxyl groups is 1. The molecule has 0 saturated carbocycles. The quantitative estimate of drug-likeness (QED) is 0.743. The zero-order valence-corrected chi connectivity index (χ0v) is 13.2. The normalized spacial score (nSPS) is 19.8. The van der Waals surface area contributed by atoms with E-state index in [-0.39, 0.29) is 6.04 Å². The van der Waals surface area contributed by atoms with Crippen molar-refractivity contribution >= 4 is 0 Å². The van der Waals surface area contributed by atoms with E-state index in [1.165, 1.54) is 0 Å². The van der Waals surface area contributed by atoms with Crippen molar-refractivity contribution in [3.63, 3.8) is 0 Å². The molecular formula is C17H19N3O4. The molecule has 0 amide bonds. The van der Waals surface area contributed by atoms with Crippen molar-refractivity contribution in [3.8, 4) is 11.5 Å². The number of hydrogen-bond donors (Lipinski definition) is 1. The first kappa shape index (κ1) is 15.2. The third-order valence-electron chi connectivity index (χ3n) is 4.45. The average Bonchev–Trinajstić information content (AvgIpc) is 3.37. The van der Waals surface area contributed by atoms with E-state index in [9.17, 15) is 5.11 Å². The highest BCUT2D eigenvalue weighted by Crippen LogP contribution is 2.28. The molecule has 2 unspecified atom stereocenters. The van der Waals surface area contributed by atoms with Gasteiger partial charge in [0.2, 0.25) is 0 Å². The molecule has 2 atom stereocenters. The van der Waals surface area contributed by atoms with Gasteiger partial charge in [-0.25, -0.2) is 0 Å². The van der Waals surface area contributed by atoms with Crippen LogP contribution in [0.5, 0.6) is 0 Å². The van der Waals surface area contributed by atoms with Gasteiger partial charge in [-0.15, -0.1) is 0 Å². The SMILES string of the molecule is OC(CC1CCCN1Cc1noc(-c2ccoc2)n1)c1ccco1.